The van der Waals surface area contributed by atoms with Crippen LogP contribution in [0.3, 0.4) is 0 Å². The summed E-state index contributed by atoms with van der Waals surface area (Å²) in [6, 6.07) is 13.2. The maximum atomic E-state index is 12.5. The number of nitrogens with one attached hydrogen (secondary N) is 1. The first-order valence-electron chi connectivity index (χ1n) is 7.27. The van der Waals surface area contributed by atoms with E-state index in [1.807, 2.05) is 37.3 Å². The predicted molar refractivity (Wildman–Crippen MR) is 94.8 cm³/mol. The monoisotopic (exact) mass is 351 g/mol. The highest BCUT2D eigenvalue weighted by Crippen LogP contribution is 2.26. The number of hydrogen-bond donors (Lipinski definition) is 1. The first kappa shape index (κ1) is 17.8. The van der Waals surface area contributed by atoms with Crippen LogP contribution < -0.4 is 9.46 Å². The number of benzene rings is 2. The SMILES string of the molecule is COc1ccc(S(=O)(=O)NCCSc2ccccc2)c(C)c1C. The molecule has 6 heteroatoms. The van der Waals surface area contributed by atoms with Crippen molar-refractivity contribution in [1.82, 2.24) is 4.72 Å². The van der Waals surface area contributed by atoms with E-state index in [1.54, 1.807) is 37.9 Å². The van der Waals surface area contributed by atoms with Gasteiger partial charge in [-0.3, -0.25) is 0 Å². The molecule has 0 aromatic heterocycles. The van der Waals surface area contributed by atoms with E-state index < -0.39 is 10.0 Å². The van der Waals surface area contributed by atoms with Crippen molar-refractivity contribution >= 4 is 21.8 Å². The van der Waals surface area contributed by atoms with Crippen LogP contribution in [0.2, 0.25) is 0 Å². The highest BCUT2D eigenvalue weighted by Gasteiger charge is 2.18. The summed E-state index contributed by atoms with van der Waals surface area (Å²) in [5.74, 6) is 1.37. The smallest absolute Gasteiger partial charge is 0.240 e. The van der Waals surface area contributed by atoms with Gasteiger partial charge in [-0.05, 0) is 49.2 Å². The second-order valence-electron chi connectivity index (χ2n) is 5.08. The lowest BCUT2D eigenvalue weighted by Gasteiger charge is -2.13. The number of ether oxygens (including phenoxy) is 1. The van der Waals surface area contributed by atoms with Crippen LogP contribution in [0.1, 0.15) is 11.1 Å². The quantitative estimate of drug-likeness (QED) is 0.614. The van der Waals surface area contributed by atoms with Crippen LogP contribution in [0.15, 0.2) is 52.3 Å². The van der Waals surface area contributed by atoms with Crippen LogP contribution >= 0.6 is 11.8 Å². The molecule has 0 radical (unpaired) electrons. The molecule has 0 saturated heterocycles. The minimum absolute atomic E-state index is 0.306. The normalized spacial score (nSPS) is 11.4. The summed E-state index contributed by atoms with van der Waals surface area (Å²) >= 11 is 1.62. The topological polar surface area (TPSA) is 55.4 Å². The van der Waals surface area contributed by atoms with E-state index in [0.29, 0.717) is 28.5 Å². The molecule has 0 atom stereocenters. The summed E-state index contributed by atoms with van der Waals surface area (Å²) < 4.78 is 32.8. The van der Waals surface area contributed by atoms with Crippen LogP contribution in [-0.2, 0) is 10.0 Å². The molecule has 0 aliphatic heterocycles. The summed E-state index contributed by atoms with van der Waals surface area (Å²) in [5.41, 5.74) is 1.56. The van der Waals surface area contributed by atoms with Crippen molar-refractivity contribution in [3.63, 3.8) is 0 Å². The number of rotatable bonds is 7. The van der Waals surface area contributed by atoms with Crippen LogP contribution in [0.5, 0.6) is 5.75 Å². The third kappa shape index (κ3) is 4.50. The Kier molecular flexibility index (Phi) is 6.10. The first-order chi connectivity index (χ1) is 11.0. The van der Waals surface area contributed by atoms with Gasteiger partial charge in [0.15, 0.2) is 0 Å². The second kappa shape index (κ2) is 7.86. The van der Waals surface area contributed by atoms with Crippen molar-refractivity contribution in [2.45, 2.75) is 23.6 Å². The average molecular weight is 351 g/mol. The van der Waals surface area contributed by atoms with Gasteiger partial charge in [0.2, 0.25) is 10.0 Å². The van der Waals surface area contributed by atoms with Gasteiger partial charge in [-0.25, -0.2) is 13.1 Å². The van der Waals surface area contributed by atoms with Gasteiger partial charge >= 0.3 is 0 Å². The molecule has 0 fully saturated rings. The molecule has 0 aliphatic carbocycles. The van der Waals surface area contributed by atoms with Crippen LogP contribution in [0.4, 0.5) is 0 Å². The Morgan fingerprint density at radius 3 is 2.39 bits per heavy atom. The van der Waals surface area contributed by atoms with Gasteiger partial charge in [0.05, 0.1) is 12.0 Å². The number of hydrogen-bond acceptors (Lipinski definition) is 4. The molecule has 1 N–H and O–H groups in total. The molecule has 0 heterocycles. The highest BCUT2D eigenvalue weighted by molar-refractivity contribution is 7.99. The lowest BCUT2D eigenvalue weighted by Crippen LogP contribution is -2.26. The van der Waals surface area contributed by atoms with Gasteiger partial charge in [0, 0.05) is 17.2 Å². The van der Waals surface area contributed by atoms with Crippen molar-refractivity contribution in [2.75, 3.05) is 19.4 Å². The maximum Gasteiger partial charge on any atom is 0.240 e. The maximum absolute atomic E-state index is 12.5. The van der Waals surface area contributed by atoms with Crippen molar-refractivity contribution < 1.29 is 13.2 Å². The third-order valence-corrected chi connectivity index (χ3v) is 6.22. The van der Waals surface area contributed by atoms with Crippen molar-refractivity contribution in [3.8, 4) is 5.75 Å². The highest BCUT2D eigenvalue weighted by atomic mass is 32.2. The van der Waals surface area contributed by atoms with Gasteiger partial charge < -0.3 is 4.74 Å². The fraction of sp³-hybridized carbons (Fsp3) is 0.294. The van der Waals surface area contributed by atoms with E-state index in [1.165, 1.54) is 0 Å². The Bertz CT molecular complexity index is 759. The summed E-state index contributed by atoms with van der Waals surface area (Å²) in [6.07, 6.45) is 0. The molecule has 4 nitrogen and oxygen atoms in total. The van der Waals surface area contributed by atoms with E-state index in [9.17, 15) is 8.42 Å². The Labute approximate surface area is 142 Å². The van der Waals surface area contributed by atoms with Crippen molar-refractivity contribution in [2.24, 2.45) is 0 Å². The molecule has 0 bridgehead atoms. The second-order valence-corrected chi connectivity index (χ2v) is 7.98. The molecule has 124 valence electrons. The Morgan fingerprint density at radius 2 is 1.74 bits per heavy atom. The fourth-order valence-electron chi connectivity index (χ4n) is 2.22. The van der Waals surface area contributed by atoms with E-state index in [4.69, 9.17) is 4.74 Å². The predicted octanol–water partition coefficient (Wildman–Crippen LogP) is 3.38. The molecule has 2 aromatic rings. The molecule has 0 saturated carbocycles. The van der Waals surface area contributed by atoms with E-state index >= 15 is 0 Å². The number of sulfonamides is 1. The molecule has 0 amide bonds. The van der Waals surface area contributed by atoms with Gasteiger partial charge in [0.1, 0.15) is 5.75 Å². The summed E-state index contributed by atoms with van der Waals surface area (Å²) in [5, 5.41) is 0. The first-order valence-corrected chi connectivity index (χ1v) is 9.74. The standard InChI is InChI=1S/C17H21NO3S2/c1-13-14(2)17(10-9-16(13)21-3)23(19,20)18-11-12-22-15-7-5-4-6-8-15/h4-10,18H,11-12H2,1-3H3. The molecule has 0 spiro atoms. The van der Waals surface area contributed by atoms with Crippen LogP contribution in [0, 0.1) is 13.8 Å². The zero-order chi connectivity index (χ0) is 16.9. The summed E-state index contributed by atoms with van der Waals surface area (Å²) in [7, 11) is -1.93. The van der Waals surface area contributed by atoms with E-state index in [2.05, 4.69) is 4.72 Å². The molecule has 2 rings (SSSR count). The average Bonchev–Trinajstić information content (AvgIpc) is 2.55. The molecule has 23 heavy (non-hydrogen) atoms. The molecular formula is C17H21NO3S2. The van der Waals surface area contributed by atoms with E-state index in [0.717, 1.165) is 10.5 Å². The van der Waals surface area contributed by atoms with Crippen LogP contribution in [-0.4, -0.2) is 27.8 Å². The van der Waals surface area contributed by atoms with Crippen molar-refractivity contribution in [1.29, 1.82) is 0 Å². The minimum Gasteiger partial charge on any atom is -0.496 e. The van der Waals surface area contributed by atoms with Gasteiger partial charge in [-0.1, -0.05) is 18.2 Å². The molecule has 0 unspecified atom stereocenters. The Morgan fingerprint density at radius 1 is 1.04 bits per heavy atom. The summed E-state index contributed by atoms with van der Waals surface area (Å²) in [4.78, 5) is 1.43. The zero-order valence-corrected chi connectivity index (χ0v) is 15.1. The van der Waals surface area contributed by atoms with Gasteiger partial charge in [0.25, 0.3) is 0 Å². The lowest BCUT2D eigenvalue weighted by atomic mass is 10.1. The minimum atomic E-state index is -3.51. The fourth-order valence-corrected chi connectivity index (χ4v) is 4.47. The zero-order valence-electron chi connectivity index (χ0n) is 13.5. The largest absolute Gasteiger partial charge is 0.496 e. The molecule has 0 aliphatic rings. The lowest BCUT2D eigenvalue weighted by molar-refractivity contribution is 0.410. The van der Waals surface area contributed by atoms with Crippen molar-refractivity contribution in [3.05, 3.63) is 53.6 Å². The molecular weight excluding hydrogens is 330 g/mol. The van der Waals surface area contributed by atoms with Gasteiger partial charge in [-0.15, -0.1) is 11.8 Å². The van der Waals surface area contributed by atoms with Gasteiger partial charge in [-0.2, -0.15) is 0 Å². The number of methoxy groups -OCH3 is 1. The third-order valence-electron chi connectivity index (χ3n) is 3.60. The summed E-state index contributed by atoms with van der Waals surface area (Å²) in [6.45, 7) is 4.04. The Hall–Kier alpha value is -1.50. The molecule has 2 aromatic carbocycles. The Balaban J connectivity index is 2.01. The number of thioether (sulfide) groups is 1. The van der Waals surface area contributed by atoms with E-state index in [-0.39, 0.29) is 0 Å². The van der Waals surface area contributed by atoms with Crippen LogP contribution in [0.25, 0.3) is 0 Å².